The third-order valence-electron chi connectivity index (χ3n) is 6.21. The van der Waals surface area contributed by atoms with E-state index in [2.05, 4.69) is 43.1 Å². The molecule has 2 aromatic carbocycles. The average molecular weight is 445 g/mol. The van der Waals surface area contributed by atoms with E-state index in [4.69, 9.17) is 21.4 Å². The van der Waals surface area contributed by atoms with Crippen LogP contribution >= 0.6 is 11.6 Å². The van der Waals surface area contributed by atoms with Gasteiger partial charge in [0.25, 0.3) is 5.91 Å². The first-order valence-electron chi connectivity index (χ1n) is 11.0. The second kappa shape index (κ2) is 11.0. The van der Waals surface area contributed by atoms with Crippen molar-refractivity contribution >= 4 is 17.5 Å². The van der Waals surface area contributed by atoms with E-state index in [0.29, 0.717) is 35.7 Å². The van der Waals surface area contributed by atoms with E-state index in [1.165, 1.54) is 16.7 Å². The fraction of sp³-hybridized carbons (Fsp3) is 0.480. The number of rotatable bonds is 10. The molecule has 1 aliphatic rings. The molecule has 1 unspecified atom stereocenters. The molecule has 6 heteroatoms. The van der Waals surface area contributed by atoms with Crippen LogP contribution < -0.4 is 10.1 Å². The highest BCUT2D eigenvalue weighted by Gasteiger charge is 2.32. The van der Waals surface area contributed by atoms with Crippen molar-refractivity contribution in [2.24, 2.45) is 5.92 Å². The van der Waals surface area contributed by atoms with Gasteiger partial charge in [-0.2, -0.15) is 0 Å². The number of hydrogen-bond acceptors (Lipinski definition) is 4. The summed E-state index contributed by atoms with van der Waals surface area (Å²) >= 11 is 5.97. The van der Waals surface area contributed by atoms with Crippen molar-refractivity contribution in [2.75, 3.05) is 32.8 Å². The second-order valence-corrected chi connectivity index (χ2v) is 8.83. The van der Waals surface area contributed by atoms with E-state index < -0.39 is 0 Å². The van der Waals surface area contributed by atoms with E-state index in [9.17, 15) is 4.79 Å². The van der Waals surface area contributed by atoms with Gasteiger partial charge in [-0.3, -0.25) is 9.69 Å². The molecule has 0 radical (unpaired) electrons. The lowest BCUT2D eigenvalue weighted by atomic mass is 9.91. The zero-order chi connectivity index (χ0) is 22.4. The van der Waals surface area contributed by atoms with Gasteiger partial charge in [-0.05, 0) is 74.6 Å². The van der Waals surface area contributed by atoms with Gasteiger partial charge in [0.15, 0.2) is 0 Å². The molecule has 2 N–H and O–H groups in total. The molecule has 0 aliphatic carbocycles. The van der Waals surface area contributed by atoms with E-state index in [-0.39, 0.29) is 12.5 Å². The predicted molar refractivity (Wildman–Crippen MR) is 125 cm³/mol. The van der Waals surface area contributed by atoms with Crippen molar-refractivity contribution in [1.82, 2.24) is 10.2 Å². The zero-order valence-corrected chi connectivity index (χ0v) is 19.4. The summed E-state index contributed by atoms with van der Waals surface area (Å²) in [6.45, 7) is 9.95. The molecular weight excluding hydrogens is 412 g/mol. The molecule has 1 amide bonds. The highest BCUT2D eigenvalue weighted by Crippen LogP contribution is 2.34. The average Bonchev–Trinajstić information content (AvgIpc) is 2.72. The Morgan fingerprint density at radius 1 is 1.23 bits per heavy atom. The van der Waals surface area contributed by atoms with E-state index in [1.54, 1.807) is 24.3 Å². The molecule has 0 bridgehead atoms. The van der Waals surface area contributed by atoms with Crippen LogP contribution in [0.5, 0.6) is 5.75 Å². The number of carbonyl (C=O) groups excluding carboxylic acids is 1. The van der Waals surface area contributed by atoms with Crippen LogP contribution in [0.25, 0.3) is 0 Å². The Kier molecular flexibility index (Phi) is 8.35. The Bertz CT molecular complexity index is 896. The van der Waals surface area contributed by atoms with Crippen molar-refractivity contribution < 1.29 is 14.6 Å². The Labute approximate surface area is 190 Å². The molecule has 1 heterocycles. The summed E-state index contributed by atoms with van der Waals surface area (Å²) in [6.07, 6.45) is 1.62. The Hall–Kier alpha value is -2.08. The number of nitrogens with zero attached hydrogens (tertiary/aromatic N) is 1. The van der Waals surface area contributed by atoms with Crippen molar-refractivity contribution in [3.63, 3.8) is 0 Å². The quantitative estimate of drug-likeness (QED) is 0.528. The Morgan fingerprint density at radius 2 is 2.00 bits per heavy atom. The van der Waals surface area contributed by atoms with Crippen LogP contribution in [-0.4, -0.2) is 48.8 Å². The van der Waals surface area contributed by atoms with Gasteiger partial charge >= 0.3 is 0 Å². The molecule has 0 aromatic heterocycles. The first-order chi connectivity index (χ1) is 14.9. The minimum absolute atomic E-state index is 0.0740. The van der Waals surface area contributed by atoms with Gasteiger partial charge in [-0.1, -0.05) is 23.7 Å². The van der Waals surface area contributed by atoms with Gasteiger partial charge in [-0.15, -0.1) is 0 Å². The maximum absolute atomic E-state index is 12.3. The standard InChI is InChI=1S/C25H33ClN2O3/c1-17-18(2)24(31-12-5-4-11-29)10-9-23(17)19(3)28-15-20(16-28)14-27-25(30)21-7-6-8-22(26)13-21/h6-10,13,19-20,29H,4-5,11-12,14-16H2,1-3H3,(H,27,30). The number of carbonyl (C=O) groups is 1. The number of likely N-dealkylation sites (tertiary alicyclic amines) is 1. The summed E-state index contributed by atoms with van der Waals surface area (Å²) in [4.78, 5) is 14.7. The monoisotopic (exact) mass is 444 g/mol. The highest BCUT2D eigenvalue weighted by molar-refractivity contribution is 6.30. The maximum Gasteiger partial charge on any atom is 0.251 e. The number of amides is 1. The van der Waals surface area contributed by atoms with Gasteiger partial charge in [0.2, 0.25) is 0 Å². The summed E-state index contributed by atoms with van der Waals surface area (Å²) in [5.74, 6) is 1.31. The lowest BCUT2D eigenvalue weighted by Crippen LogP contribution is -2.52. The third-order valence-corrected chi connectivity index (χ3v) is 6.45. The van der Waals surface area contributed by atoms with E-state index in [1.807, 2.05) is 0 Å². The lowest BCUT2D eigenvalue weighted by Gasteiger charge is -2.44. The first-order valence-corrected chi connectivity index (χ1v) is 11.4. The van der Waals surface area contributed by atoms with Crippen LogP contribution in [0.1, 0.15) is 52.9 Å². The van der Waals surface area contributed by atoms with Crippen molar-refractivity contribution in [3.8, 4) is 5.75 Å². The van der Waals surface area contributed by atoms with Gasteiger partial charge in [-0.25, -0.2) is 0 Å². The molecule has 168 valence electrons. The number of aliphatic hydroxyl groups is 1. The van der Waals surface area contributed by atoms with Gasteiger partial charge < -0.3 is 15.2 Å². The lowest BCUT2D eigenvalue weighted by molar-refractivity contribution is 0.0569. The Balaban J connectivity index is 1.49. The van der Waals surface area contributed by atoms with Gasteiger partial charge in [0, 0.05) is 48.8 Å². The predicted octanol–water partition coefficient (Wildman–Crippen LogP) is 4.53. The zero-order valence-electron chi connectivity index (χ0n) is 18.7. The molecule has 1 atom stereocenters. The van der Waals surface area contributed by atoms with Crippen molar-refractivity contribution in [2.45, 2.75) is 39.7 Å². The molecule has 3 rings (SSSR count). The summed E-state index contributed by atoms with van der Waals surface area (Å²) in [7, 11) is 0. The minimum atomic E-state index is -0.0740. The molecule has 31 heavy (non-hydrogen) atoms. The normalized spacial score (nSPS) is 15.4. The van der Waals surface area contributed by atoms with E-state index in [0.717, 1.165) is 31.7 Å². The van der Waals surface area contributed by atoms with Gasteiger partial charge in [0.05, 0.1) is 6.61 Å². The van der Waals surface area contributed by atoms with Crippen LogP contribution in [-0.2, 0) is 0 Å². The molecule has 5 nitrogen and oxygen atoms in total. The van der Waals surface area contributed by atoms with Crippen LogP contribution in [0.2, 0.25) is 5.02 Å². The molecule has 0 spiro atoms. The molecule has 2 aromatic rings. The smallest absolute Gasteiger partial charge is 0.251 e. The fourth-order valence-corrected chi connectivity index (χ4v) is 4.23. The van der Waals surface area contributed by atoms with Crippen molar-refractivity contribution in [3.05, 3.63) is 63.7 Å². The highest BCUT2D eigenvalue weighted by atomic mass is 35.5. The third kappa shape index (κ3) is 6.00. The fourth-order valence-electron chi connectivity index (χ4n) is 4.04. The SMILES string of the molecule is Cc1c(OCCCCO)ccc(C(C)N2CC(CNC(=O)c3cccc(Cl)c3)C2)c1C. The first kappa shape index (κ1) is 23.6. The molecule has 1 saturated heterocycles. The molecule has 1 aliphatic heterocycles. The number of ether oxygens (including phenoxy) is 1. The summed E-state index contributed by atoms with van der Waals surface area (Å²) in [5, 5.41) is 12.5. The Morgan fingerprint density at radius 3 is 2.71 bits per heavy atom. The largest absolute Gasteiger partial charge is 0.493 e. The van der Waals surface area contributed by atoms with Crippen LogP contribution in [0.4, 0.5) is 0 Å². The number of unbranched alkanes of at least 4 members (excludes halogenated alkanes) is 1. The molecule has 1 fully saturated rings. The summed E-state index contributed by atoms with van der Waals surface area (Å²) in [5.41, 5.74) is 4.37. The van der Waals surface area contributed by atoms with Gasteiger partial charge in [0.1, 0.15) is 5.75 Å². The number of hydrogen-bond donors (Lipinski definition) is 2. The van der Waals surface area contributed by atoms with Crippen LogP contribution in [0.15, 0.2) is 36.4 Å². The number of nitrogens with one attached hydrogen (secondary N) is 1. The number of halogens is 1. The minimum Gasteiger partial charge on any atom is -0.493 e. The number of aliphatic hydroxyl groups excluding tert-OH is 1. The van der Waals surface area contributed by atoms with Crippen LogP contribution in [0.3, 0.4) is 0 Å². The maximum atomic E-state index is 12.3. The summed E-state index contributed by atoms with van der Waals surface area (Å²) < 4.78 is 5.90. The second-order valence-electron chi connectivity index (χ2n) is 8.40. The molecule has 0 saturated carbocycles. The summed E-state index contributed by atoms with van der Waals surface area (Å²) in [6, 6.07) is 11.6. The number of benzene rings is 2. The molecular formula is C25H33ClN2O3. The van der Waals surface area contributed by atoms with Crippen LogP contribution in [0, 0.1) is 19.8 Å². The topological polar surface area (TPSA) is 61.8 Å². The van der Waals surface area contributed by atoms with E-state index >= 15 is 0 Å². The van der Waals surface area contributed by atoms with Crippen molar-refractivity contribution in [1.29, 1.82) is 0 Å².